The van der Waals surface area contributed by atoms with E-state index in [2.05, 4.69) is 17.1 Å². The zero-order chi connectivity index (χ0) is 24.1. The molecule has 7 heteroatoms. The van der Waals surface area contributed by atoms with Crippen molar-refractivity contribution in [1.29, 1.82) is 0 Å². The van der Waals surface area contributed by atoms with Crippen molar-refractivity contribution in [2.75, 3.05) is 20.2 Å². The second-order valence-electron chi connectivity index (χ2n) is 8.94. The number of para-hydroxylation sites is 2. The molecule has 0 radical (unpaired) electrons. The summed E-state index contributed by atoms with van der Waals surface area (Å²) in [4.78, 5) is 17.5. The zero-order valence-electron chi connectivity index (χ0n) is 20.6. The van der Waals surface area contributed by atoms with Crippen LogP contribution in [0.15, 0.2) is 54.6 Å². The minimum Gasteiger partial charge on any atom is -0.494 e. The number of urea groups is 1. The van der Waals surface area contributed by atoms with Gasteiger partial charge in [-0.25, -0.2) is 9.48 Å². The van der Waals surface area contributed by atoms with Crippen LogP contribution >= 0.6 is 0 Å². The molecule has 0 spiro atoms. The lowest BCUT2D eigenvalue weighted by atomic mass is 10.0. The van der Waals surface area contributed by atoms with Crippen molar-refractivity contribution in [2.24, 2.45) is 0 Å². The number of hydrogen-bond acceptors (Lipinski definition) is 4. The van der Waals surface area contributed by atoms with Gasteiger partial charge in [0.1, 0.15) is 11.4 Å². The van der Waals surface area contributed by atoms with Gasteiger partial charge in [-0.05, 0) is 38.1 Å². The average Bonchev–Trinajstić information content (AvgIpc) is 3.23. The van der Waals surface area contributed by atoms with Crippen LogP contribution in [0, 0.1) is 0 Å². The van der Waals surface area contributed by atoms with E-state index in [9.17, 15) is 4.79 Å². The molecule has 2 aromatic carbocycles. The first kappa shape index (κ1) is 23.8. The van der Waals surface area contributed by atoms with E-state index in [-0.39, 0.29) is 12.1 Å². The van der Waals surface area contributed by atoms with Gasteiger partial charge < -0.3 is 15.0 Å². The van der Waals surface area contributed by atoms with E-state index in [0.29, 0.717) is 13.1 Å². The third-order valence-electron chi connectivity index (χ3n) is 6.47. The highest BCUT2D eigenvalue weighted by atomic mass is 16.5. The zero-order valence-corrected chi connectivity index (χ0v) is 20.6. The number of carbonyl (C=O) groups excluding carboxylic acids is 1. The molecule has 1 N–H and O–H groups in total. The van der Waals surface area contributed by atoms with Crippen LogP contribution in [0.4, 0.5) is 4.79 Å². The minimum absolute atomic E-state index is 0.0358. The summed E-state index contributed by atoms with van der Waals surface area (Å²) >= 11 is 0. The Balaban J connectivity index is 1.64. The predicted molar refractivity (Wildman–Crippen MR) is 134 cm³/mol. The SMILES string of the molecule is CCN1CCc2c(c(CN(C(=O)NCc3ccccc3)C(C)C)nn2-c2ccccc2OC)C1. The Bertz CT molecular complexity index is 1110. The fraction of sp³-hybridized carbons (Fsp3) is 0.407. The summed E-state index contributed by atoms with van der Waals surface area (Å²) < 4.78 is 7.65. The number of fused-ring (bicyclic) bond motifs is 1. The molecule has 3 aromatic rings. The normalized spacial score (nSPS) is 13.6. The molecular weight excluding hydrogens is 426 g/mol. The quantitative estimate of drug-likeness (QED) is 0.541. The maximum Gasteiger partial charge on any atom is 0.318 e. The predicted octanol–water partition coefficient (Wildman–Crippen LogP) is 4.38. The molecule has 0 bridgehead atoms. The molecule has 180 valence electrons. The van der Waals surface area contributed by atoms with Gasteiger partial charge in [-0.1, -0.05) is 49.4 Å². The smallest absolute Gasteiger partial charge is 0.318 e. The van der Waals surface area contributed by atoms with Gasteiger partial charge in [-0.3, -0.25) is 4.90 Å². The molecule has 0 atom stereocenters. The number of rotatable bonds is 8. The molecule has 0 fully saturated rings. The number of nitrogens with zero attached hydrogens (tertiary/aromatic N) is 4. The first-order valence-corrected chi connectivity index (χ1v) is 12.1. The second-order valence-corrected chi connectivity index (χ2v) is 8.94. The Morgan fingerprint density at radius 3 is 2.59 bits per heavy atom. The lowest BCUT2D eigenvalue weighted by molar-refractivity contribution is 0.177. The molecule has 1 aliphatic rings. The van der Waals surface area contributed by atoms with Crippen LogP contribution in [-0.2, 0) is 26.1 Å². The number of amides is 2. The monoisotopic (exact) mass is 461 g/mol. The van der Waals surface area contributed by atoms with Gasteiger partial charge in [-0.15, -0.1) is 0 Å². The standard InChI is InChI=1S/C27H35N5O2/c1-5-30-16-15-24-22(18-30)23(29-32(24)25-13-9-10-14-26(25)34-4)19-31(20(2)3)27(33)28-17-21-11-7-6-8-12-21/h6-14,20H,5,15-19H2,1-4H3,(H,28,33). The number of benzene rings is 2. The molecule has 2 heterocycles. The summed E-state index contributed by atoms with van der Waals surface area (Å²) in [5.74, 6) is 0.790. The van der Waals surface area contributed by atoms with Crippen molar-refractivity contribution in [2.45, 2.75) is 52.9 Å². The summed E-state index contributed by atoms with van der Waals surface area (Å²) in [5.41, 5.74) is 5.39. The van der Waals surface area contributed by atoms with Gasteiger partial charge >= 0.3 is 6.03 Å². The Hall–Kier alpha value is -3.32. The van der Waals surface area contributed by atoms with E-state index < -0.39 is 0 Å². The minimum atomic E-state index is -0.0809. The van der Waals surface area contributed by atoms with Gasteiger partial charge in [0.05, 0.1) is 25.0 Å². The van der Waals surface area contributed by atoms with Crippen molar-refractivity contribution < 1.29 is 9.53 Å². The first-order valence-electron chi connectivity index (χ1n) is 12.1. The van der Waals surface area contributed by atoms with Gasteiger partial charge in [-0.2, -0.15) is 5.10 Å². The molecular formula is C27H35N5O2. The molecule has 1 aromatic heterocycles. The number of hydrogen-bond donors (Lipinski definition) is 1. The molecule has 0 unspecified atom stereocenters. The maximum atomic E-state index is 13.2. The highest BCUT2D eigenvalue weighted by Gasteiger charge is 2.28. The van der Waals surface area contributed by atoms with Crippen LogP contribution in [0.1, 0.15) is 43.3 Å². The Morgan fingerprint density at radius 2 is 1.88 bits per heavy atom. The number of carbonyl (C=O) groups is 1. The second kappa shape index (κ2) is 10.7. The van der Waals surface area contributed by atoms with E-state index in [4.69, 9.17) is 9.84 Å². The van der Waals surface area contributed by atoms with Gasteiger partial charge in [0, 0.05) is 37.7 Å². The van der Waals surface area contributed by atoms with E-state index in [0.717, 1.165) is 48.7 Å². The molecule has 0 saturated carbocycles. The molecule has 34 heavy (non-hydrogen) atoms. The van der Waals surface area contributed by atoms with Crippen LogP contribution in [-0.4, -0.2) is 51.9 Å². The van der Waals surface area contributed by atoms with Crippen LogP contribution in [0.25, 0.3) is 5.69 Å². The molecule has 4 rings (SSSR count). The third kappa shape index (κ3) is 5.09. The van der Waals surface area contributed by atoms with Crippen molar-refractivity contribution >= 4 is 6.03 Å². The maximum absolute atomic E-state index is 13.2. The fourth-order valence-corrected chi connectivity index (χ4v) is 4.47. The largest absolute Gasteiger partial charge is 0.494 e. The summed E-state index contributed by atoms with van der Waals surface area (Å²) in [6, 6.07) is 17.9. The highest BCUT2D eigenvalue weighted by Crippen LogP contribution is 2.30. The van der Waals surface area contributed by atoms with E-state index in [1.54, 1.807) is 7.11 Å². The van der Waals surface area contributed by atoms with E-state index in [1.165, 1.54) is 11.3 Å². The number of ether oxygens (including phenoxy) is 1. The Labute approximate surface area is 202 Å². The molecule has 0 saturated heterocycles. The number of aromatic nitrogens is 2. The summed E-state index contributed by atoms with van der Waals surface area (Å²) in [6.07, 6.45) is 0.913. The molecule has 7 nitrogen and oxygen atoms in total. The van der Waals surface area contributed by atoms with E-state index >= 15 is 0 Å². The number of methoxy groups -OCH3 is 1. The van der Waals surface area contributed by atoms with Gasteiger partial charge in [0.15, 0.2) is 0 Å². The average molecular weight is 462 g/mol. The van der Waals surface area contributed by atoms with E-state index in [1.807, 2.05) is 78.0 Å². The van der Waals surface area contributed by atoms with Crippen molar-refractivity contribution in [3.05, 3.63) is 77.1 Å². The van der Waals surface area contributed by atoms with Crippen LogP contribution < -0.4 is 10.1 Å². The molecule has 0 aliphatic carbocycles. The van der Waals surface area contributed by atoms with Crippen molar-refractivity contribution in [3.8, 4) is 11.4 Å². The van der Waals surface area contributed by atoms with Crippen molar-refractivity contribution in [3.63, 3.8) is 0 Å². The molecule has 1 aliphatic heterocycles. The lowest BCUT2D eigenvalue weighted by Gasteiger charge is -2.29. The van der Waals surface area contributed by atoms with Gasteiger partial charge in [0.25, 0.3) is 0 Å². The fourth-order valence-electron chi connectivity index (χ4n) is 4.47. The Kier molecular flexibility index (Phi) is 7.53. The van der Waals surface area contributed by atoms with Crippen molar-refractivity contribution in [1.82, 2.24) is 24.9 Å². The number of likely N-dealkylation sites (N-methyl/N-ethyl adjacent to an activating group) is 1. The van der Waals surface area contributed by atoms with Gasteiger partial charge in [0.2, 0.25) is 0 Å². The lowest BCUT2D eigenvalue weighted by Crippen LogP contribution is -2.43. The van der Waals surface area contributed by atoms with Crippen LogP contribution in [0.3, 0.4) is 0 Å². The summed E-state index contributed by atoms with van der Waals surface area (Å²) in [5, 5.41) is 8.13. The summed E-state index contributed by atoms with van der Waals surface area (Å²) in [6.45, 7) is 10.1. The molecule has 2 amide bonds. The summed E-state index contributed by atoms with van der Waals surface area (Å²) in [7, 11) is 1.69. The topological polar surface area (TPSA) is 62.6 Å². The van der Waals surface area contributed by atoms with Crippen LogP contribution in [0.2, 0.25) is 0 Å². The van der Waals surface area contributed by atoms with Crippen LogP contribution in [0.5, 0.6) is 5.75 Å². The Morgan fingerprint density at radius 1 is 1.15 bits per heavy atom. The number of nitrogens with one attached hydrogen (secondary N) is 1. The highest BCUT2D eigenvalue weighted by molar-refractivity contribution is 5.74. The first-order chi connectivity index (χ1) is 16.5. The third-order valence-corrected chi connectivity index (χ3v) is 6.47.